The summed E-state index contributed by atoms with van der Waals surface area (Å²) < 4.78 is 15.6. The van der Waals surface area contributed by atoms with Crippen molar-refractivity contribution < 1.29 is 9.18 Å². The van der Waals surface area contributed by atoms with Crippen molar-refractivity contribution in [3.63, 3.8) is 0 Å². The number of carbonyl (C=O) groups excluding carboxylic acids is 1. The number of H-pyrrole nitrogens is 1. The van der Waals surface area contributed by atoms with Crippen LogP contribution in [0.25, 0.3) is 21.6 Å². The molecule has 0 saturated heterocycles. The highest BCUT2D eigenvalue weighted by Gasteiger charge is 2.18. The lowest BCUT2D eigenvalue weighted by molar-refractivity contribution is 0.0955. The van der Waals surface area contributed by atoms with Gasteiger partial charge in [0.15, 0.2) is 5.82 Å². The molecule has 0 atom stereocenters. The third kappa shape index (κ3) is 4.38. The fraction of sp³-hybridized carbons (Fsp3) is 0.130. The first kappa shape index (κ1) is 22.3. The minimum atomic E-state index is -0.480. The molecule has 0 radical (unpaired) electrons. The summed E-state index contributed by atoms with van der Waals surface area (Å²) >= 11 is 1.07. The number of amides is 1. The Morgan fingerprint density at radius 2 is 1.80 bits per heavy atom. The molecule has 2 N–H and O–H groups in total. The molecule has 0 spiro atoms. The molecular weight excluding hydrogens is 473 g/mol. The molecular formula is C23H18FN7O3S. The van der Waals surface area contributed by atoms with Crippen molar-refractivity contribution in [3.8, 4) is 11.4 Å². The van der Waals surface area contributed by atoms with E-state index in [-0.39, 0.29) is 30.2 Å². The van der Waals surface area contributed by atoms with Gasteiger partial charge in [-0.15, -0.1) is 16.4 Å². The first-order valence-corrected chi connectivity index (χ1v) is 11.3. The van der Waals surface area contributed by atoms with Crippen LogP contribution in [0, 0.1) is 5.82 Å². The molecule has 12 heteroatoms. The number of thiophene rings is 1. The maximum Gasteiger partial charge on any atom is 0.332 e. The number of fused-ring (bicyclic) bond motifs is 1. The van der Waals surface area contributed by atoms with Gasteiger partial charge in [0.2, 0.25) is 0 Å². The molecule has 10 nitrogen and oxygen atoms in total. The molecule has 0 bridgehead atoms. The van der Waals surface area contributed by atoms with Crippen LogP contribution in [-0.4, -0.2) is 35.7 Å². The Morgan fingerprint density at radius 1 is 1.09 bits per heavy atom. The molecule has 1 amide bonds. The zero-order chi connectivity index (χ0) is 24.5. The third-order valence-corrected chi connectivity index (χ3v) is 6.72. The number of benzene rings is 2. The van der Waals surface area contributed by atoms with Crippen LogP contribution in [-0.2, 0) is 20.1 Å². The van der Waals surface area contributed by atoms with Gasteiger partial charge in [-0.3, -0.25) is 18.7 Å². The van der Waals surface area contributed by atoms with Crippen molar-refractivity contribution in [1.82, 2.24) is 35.1 Å². The van der Waals surface area contributed by atoms with Gasteiger partial charge in [-0.05, 0) is 39.8 Å². The van der Waals surface area contributed by atoms with Gasteiger partial charge < -0.3 is 5.32 Å². The van der Waals surface area contributed by atoms with Crippen molar-refractivity contribution in [3.05, 3.63) is 97.3 Å². The molecule has 35 heavy (non-hydrogen) atoms. The molecule has 5 aromatic rings. The largest absolute Gasteiger partial charge is 0.347 e. The number of aryl methyl sites for hydroxylation is 1. The molecule has 0 aliphatic heterocycles. The van der Waals surface area contributed by atoms with Gasteiger partial charge in [0.25, 0.3) is 11.5 Å². The molecule has 0 unspecified atom stereocenters. The van der Waals surface area contributed by atoms with Gasteiger partial charge in [0, 0.05) is 19.2 Å². The number of carbonyl (C=O) groups is 1. The molecule has 0 aliphatic carbocycles. The second-order valence-corrected chi connectivity index (χ2v) is 8.85. The monoisotopic (exact) mass is 491 g/mol. The van der Waals surface area contributed by atoms with Crippen LogP contribution in [0.5, 0.6) is 0 Å². The Morgan fingerprint density at radius 3 is 2.49 bits per heavy atom. The fourth-order valence-electron chi connectivity index (χ4n) is 3.64. The lowest BCUT2D eigenvalue weighted by Crippen LogP contribution is -2.38. The lowest BCUT2D eigenvalue weighted by Gasteiger charge is -2.08. The normalized spacial score (nSPS) is 11.1. The van der Waals surface area contributed by atoms with E-state index in [9.17, 15) is 18.8 Å². The van der Waals surface area contributed by atoms with E-state index in [0.29, 0.717) is 15.5 Å². The lowest BCUT2D eigenvalue weighted by atomic mass is 10.1. The highest BCUT2D eigenvalue weighted by atomic mass is 32.1. The smallest absolute Gasteiger partial charge is 0.332 e. The maximum atomic E-state index is 13.2. The number of nitrogens with one attached hydrogen (secondary N) is 2. The number of hydrogen-bond acceptors (Lipinski definition) is 7. The summed E-state index contributed by atoms with van der Waals surface area (Å²) in [5, 5.41) is 16.7. The van der Waals surface area contributed by atoms with Crippen molar-refractivity contribution in [1.29, 1.82) is 0 Å². The van der Waals surface area contributed by atoms with Gasteiger partial charge in [0.1, 0.15) is 10.6 Å². The van der Waals surface area contributed by atoms with Crippen molar-refractivity contribution in [2.45, 2.75) is 13.1 Å². The highest BCUT2D eigenvalue weighted by molar-refractivity contribution is 7.20. The van der Waals surface area contributed by atoms with Crippen LogP contribution < -0.4 is 16.6 Å². The average Bonchev–Trinajstić information content (AvgIpc) is 3.56. The zero-order valence-electron chi connectivity index (χ0n) is 18.4. The number of nitrogens with zero attached hydrogens (tertiary/aromatic N) is 5. The number of hydrogen-bond donors (Lipinski definition) is 2. The number of aromatic nitrogens is 6. The van der Waals surface area contributed by atoms with Gasteiger partial charge in [0.05, 0.1) is 16.8 Å². The van der Waals surface area contributed by atoms with Gasteiger partial charge in [-0.2, -0.15) is 0 Å². The summed E-state index contributed by atoms with van der Waals surface area (Å²) in [6.45, 7) is 0.273. The number of tetrazole rings is 1. The minimum Gasteiger partial charge on any atom is -0.347 e. The second-order valence-electron chi connectivity index (χ2n) is 7.82. The Hall–Kier alpha value is -4.45. The number of aromatic amines is 1. The Bertz CT molecular complexity index is 1640. The topological polar surface area (TPSA) is 128 Å². The van der Waals surface area contributed by atoms with E-state index >= 15 is 0 Å². The number of halogens is 1. The van der Waals surface area contributed by atoms with E-state index in [2.05, 4.69) is 25.9 Å². The Labute approximate surface area is 200 Å². The Kier molecular flexibility index (Phi) is 5.79. The molecule has 0 saturated carbocycles. The summed E-state index contributed by atoms with van der Waals surface area (Å²) in [7, 11) is 1.57. The van der Waals surface area contributed by atoms with Gasteiger partial charge in [-0.1, -0.05) is 36.4 Å². The first-order valence-electron chi connectivity index (χ1n) is 10.5. The SMILES string of the molecule is Cn1c(=O)n(Cc2ccc(-c3nnn[nH]3)cc2)c(=O)c2cc(C(=O)NCc3ccc(F)cc3)sc21. The van der Waals surface area contributed by atoms with Crippen LogP contribution in [0.2, 0.25) is 0 Å². The van der Waals surface area contributed by atoms with E-state index in [1.807, 2.05) is 0 Å². The molecule has 3 aromatic heterocycles. The average molecular weight is 492 g/mol. The molecule has 176 valence electrons. The van der Waals surface area contributed by atoms with Crippen molar-refractivity contribution in [2.24, 2.45) is 7.05 Å². The molecule has 0 aliphatic rings. The van der Waals surface area contributed by atoms with Crippen LogP contribution in [0.1, 0.15) is 20.8 Å². The second kappa shape index (κ2) is 9.06. The highest BCUT2D eigenvalue weighted by Crippen LogP contribution is 2.22. The van der Waals surface area contributed by atoms with E-state index in [4.69, 9.17) is 0 Å². The molecule has 3 heterocycles. The molecule has 0 fully saturated rings. The van der Waals surface area contributed by atoms with Gasteiger partial charge in [-0.25, -0.2) is 14.3 Å². The summed E-state index contributed by atoms with van der Waals surface area (Å²) in [6.07, 6.45) is 0. The van der Waals surface area contributed by atoms with E-state index < -0.39 is 11.2 Å². The third-order valence-electron chi connectivity index (χ3n) is 5.51. The summed E-state index contributed by atoms with van der Waals surface area (Å²) in [5.41, 5.74) is 1.30. The van der Waals surface area contributed by atoms with Gasteiger partial charge >= 0.3 is 5.69 Å². The Balaban J connectivity index is 1.41. The molecule has 5 rings (SSSR count). The van der Waals surface area contributed by atoms with E-state index in [0.717, 1.165) is 32.6 Å². The van der Waals surface area contributed by atoms with Crippen molar-refractivity contribution >= 4 is 27.5 Å². The zero-order valence-corrected chi connectivity index (χ0v) is 19.2. The summed E-state index contributed by atoms with van der Waals surface area (Å²) in [4.78, 5) is 39.5. The van der Waals surface area contributed by atoms with Crippen LogP contribution in [0.4, 0.5) is 4.39 Å². The number of rotatable bonds is 6. The first-order chi connectivity index (χ1) is 16.9. The van der Waals surface area contributed by atoms with Crippen LogP contribution >= 0.6 is 11.3 Å². The molecule has 2 aromatic carbocycles. The van der Waals surface area contributed by atoms with E-state index in [1.165, 1.54) is 22.8 Å². The van der Waals surface area contributed by atoms with E-state index in [1.54, 1.807) is 43.4 Å². The standard InChI is InChI=1S/C23H18FN7O3S/c1-30-22-17(10-18(35-22)20(32)25-11-13-4-8-16(24)9-5-13)21(33)31(23(30)34)12-14-2-6-15(7-3-14)19-26-28-29-27-19/h2-10H,11-12H2,1H3,(H,25,32)(H,26,27,28,29). The van der Waals surface area contributed by atoms with Crippen LogP contribution in [0.15, 0.2) is 64.2 Å². The quantitative estimate of drug-likeness (QED) is 0.374. The predicted molar refractivity (Wildman–Crippen MR) is 128 cm³/mol. The summed E-state index contributed by atoms with van der Waals surface area (Å²) in [6, 6.07) is 14.5. The predicted octanol–water partition coefficient (Wildman–Crippen LogP) is 2.06. The fourth-order valence-corrected chi connectivity index (χ4v) is 4.66. The maximum absolute atomic E-state index is 13.2. The van der Waals surface area contributed by atoms with Crippen molar-refractivity contribution in [2.75, 3.05) is 0 Å². The summed E-state index contributed by atoms with van der Waals surface area (Å²) in [5.74, 6) is -0.231. The van der Waals surface area contributed by atoms with Crippen LogP contribution in [0.3, 0.4) is 0 Å². The minimum absolute atomic E-state index is 0.0678.